The first-order chi connectivity index (χ1) is 12.0. The minimum absolute atomic E-state index is 0.0650. The van der Waals surface area contributed by atoms with Gasteiger partial charge >= 0.3 is 0 Å². The van der Waals surface area contributed by atoms with Gasteiger partial charge in [0.2, 0.25) is 5.91 Å². The number of aryl methyl sites for hydroxylation is 2. The summed E-state index contributed by atoms with van der Waals surface area (Å²) in [5.74, 6) is 0.867. The molecule has 134 valence electrons. The monoisotopic (exact) mass is 343 g/mol. The molecule has 7 heteroatoms. The number of hydrogen-bond acceptors (Lipinski definition) is 5. The molecule has 0 bridgehead atoms. The molecule has 3 rings (SSSR count). The Balaban J connectivity index is 1.61. The van der Waals surface area contributed by atoms with E-state index >= 15 is 0 Å². The van der Waals surface area contributed by atoms with Gasteiger partial charge in [0.25, 0.3) is 0 Å². The molecule has 1 N–H and O–H groups in total. The molecule has 2 aromatic rings. The van der Waals surface area contributed by atoms with Crippen LogP contribution < -0.4 is 10.2 Å². The van der Waals surface area contributed by atoms with E-state index in [1.165, 1.54) is 0 Å². The molecular weight excluding hydrogens is 318 g/mol. The number of carbonyl (C=O) groups is 1. The Morgan fingerprint density at radius 3 is 2.76 bits per heavy atom. The summed E-state index contributed by atoms with van der Waals surface area (Å²) in [5, 5.41) is 7.34. The highest BCUT2D eigenvalue weighted by atomic mass is 16.5. The smallest absolute Gasteiger partial charge is 0.244 e. The summed E-state index contributed by atoms with van der Waals surface area (Å²) in [6, 6.07) is 7.52. The maximum atomic E-state index is 12.4. The second-order valence-corrected chi connectivity index (χ2v) is 6.35. The summed E-state index contributed by atoms with van der Waals surface area (Å²) in [5.41, 5.74) is 2.74. The van der Waals surface area contributed by atoms with Crippen LogP contribution in [0.3, 0.4) is 0 Å². The van der Waals surface area contributed by atoms with Crippen molar-refractivity contribution in [2.24, 2.45) is 0 Å². The highest BCUT2D eigenvalue weighted by Crippen LogP contribution is 2.14. The van der Waals surface area contributed by atoms with Crippen LogP contribution in [0.15, 0.2) is 24.3 Å². The van der Waals surface area contributed by atoms with Gasteiger partial charge in [-0.3, -0.25) is 9.48 Å². The van der Waals surface area contributed by atoms with E-state index < -0.39 is 0 Å². The number of morpholine rings is 1. The van der Waals surface area contributed by atoms with Crippen molar-refractivity contribution in [3.05, 3.63) is 41.3 Å². The molecule has 1 aliphatic heterocycles. The quantitative estimate of drug-likeness (QED) is 0.893. The van der Waals surface area contributed by atoms with Crippen LogP contribution in [0.2, 0.25) is 0 Å². The van der Waals surface area contributed by atoms with Crippen LogP contribution in [0.25, 0.3) is 0 Å². The van der Waals surface area contributed by atoms with Crippen LogP contribution in [0.4, 0.5) is 5.82 Å². The molecule has 1 saturated heterocycles. The maximum Gasteiger partial charge on any atom is 0.244 e. The third kappa shape index (κ3) is 4.17. The predicted octanol–water partition coefficient (Wildman–Crippen LogP) is 1.61. The van der Waals surface area contributed by atoms with Crippen molar-refractivity contribution < 1.29 is 9.53 Å². The summed E-state index contributed by atoms with van der Waals surface area (Å²) in [7, 11) is 0. The van der Waals surface area contributed by atoms with Crippen LogP contribution in [0.1, 0.15) is 30.0 Å². The molecule has 1 atom stereocenters. The minimum atomic E-state index is -0.351. The van der Waals surface area contributed by atoms with E-state index in [1.54, 1.807) is 4.68 Å². The average molecular weight is 343 g/mol. The number of amides is 1. The number of nitrogens with zero attached hydrogens (tertiary/aromatic N) is 4. The molecule has 25 heavy (non-hydrogen) atoms. The Kier molecular flexibility index (Phi) is 5.33. The van der Waals surface area contributed by atoms with E-state index in [4.69, 9.17) is 4.74 Å². The van der Waals surface area contributed by atoms with Gasteiger partial charge in [0, 0.05) is 18.8 Å². The lowest BCUT2D eigenvalue weighted by atomic mass is 10.2. The van der Waals surface area contributed by atoms with Gasteiger partial charge in [0.05, 0.1) is 31.1 Å². The number of aromatic nitrogens is 3. The van der Waals surface area contributed by atoms with E-state index in [2.05, 4.69) is 20.3 Å². The first kappa shape index (κ1) is 17.4. The van der Waals surface area contributed by atoms with Gasteiger partial charge in [-0.1, -0.05) is 6.07 Å². The molecule has 3 heterocycles. The fraction of sp³-hybridized carbons (Fsp3) is 0.500. The van der Waals surface area contributed by atoms with Crippen LogP contribution >= 0.6 is 0 Å². The number of rotatable bonds is 5. The maximum absolute atomic E-state index is 12.4. The lowest BCUT2D eigenvalue weighted by Gasteiger charge is -2.28. The van der Waals surface area contributed by atoms with Gasteiger partial charge in [-0.15, -0.1) is 0 Å². The molecule has 1 amide bonds. The molecule has 0 radical (unpaired) electrons. The summed E-state index contributed by atoms with van der Waals surface area (Å²) in [6.45, 7) is 9.28. The molecule has 1 fully saturated rings. The molecule has 1 aliphatic rings. The normalized spacial score (nSPS) is 15.9. The van der Waals surface area contributed by atoms with Crippen LogP contribution in [0, 0.1) is 13.8 Å². The fourth-order valence-electron chi connectivity index (χ4n) is 3.01. The lowest BCUT2D eigenvalue weighted by Crippen LogP contribution is -2.37. The Bertz CT molecular complexity index is 737. The molecular formula is C18H25N5O2. The number of anilines is 1. The van der Waals surface area contributed by atoms with E-state index in [-0.39, 0.29) is 11.9 Å². The van der Waals surface area contributed by atoms with Crippen molar-refractivity contribution in [3.63, 3.8) is 0 Å². The first-order valence-electron chi connectivity index (χ1n) is 8.63. The standard InChI is InChI=1S/C18H25N5O2/c1-13-11-14(2)23(21-13)15(3)18(24)19-12-16-5-4-6-17(20-16)22-7-9-25-10-8-22/h4-6,11,15H,7-10,12H2,1-3H3,(H,19,24). The molecule has 0 aliphatic carbocycles. The molecule has 0 spiro atoms. The molecule has 0 saturated carbocycles. The summed E-state index contributed by atoms with van der Waals surface area (Å²) in [4.78, 5) is 19.3. The topological polar surface area (TPSA) is 72.3 Å². The van der Waals surface area contributed by atoms with Gasteiger partial charge in [-0.2, -0.15) is 5.10 Å². The number of ether oxygens (including phenoxy) is 1. The van der Waals surface area contributed by atoms with Gasteiger partial charge < -0.3 is 15.0 Å². The number of pyridine rings is 1. The van der Waals surface area contributed by atoms with E-state index in [0.717, 1.165) is 49.2 Å². The largest absolute Gasteiger partial charge is 0.378 e. The van der Waals surface area contributed by atoms with Crippen molar-refractivity contribution in [2.75, 3.05) is 31.2 Å². The zero-order valence-corrected chi connectivity index (χ0v) is 15.0. The second-order valence-electron chi connectivity index (χ2n) is 6.35. The van der Waals surface area contributed by atoms with Gasteiger partial charge in [-0.05, 0) is 39.0 Å². The average Bonchev–Trinajstić information content (AvgIpc) is 2.98. The Hall–Kier alpha value is -2.41. The van der Waals surface area contributed by atoms with E-state index in [1.807, 2.05) is 45.0 Å². The number of hydrogen-bond donors (Lipinski definition) is 1. The van der Waals surface area contributed by atoms with E-state index in [9.17, 15) is 4.79 Å². The molecule has 7 nitrogen and oxygen atoms in total. The van der Waals surface area contributed by atoms with Crippen molar-refractivity contribution in [1.82, 2.24) is 20.1 Å². The highest BCUT2D eigenvalue weighted by Gasteiger charge is 2.18. The molecule has 2 aromatic heterocycles. The molecule has 0 aromatic carbocycles. The third-order valence-corrected chi connectivity index (χ3v) is 4.36. The molecule has 1 unspecified atom stereocenters. The van der Waals surface area contributed by atoms with Crippen molar-refractivity contribution in [2.45, 2.75) is 33.4 Å². The number of carbonyl (C=O) groups excluding carboxylic acids is 1. The van der Waals surface area contributed by atoms with E-state index in [0.29, 0.717) is 6.54 Å². The summed E-state index contributed by atoms with van der Waals surface area (Å²) >= 11 is 0. The Morgan fingerprint density at radius 2 is 2.08 bits per heavy atom. The van der Waals surface area contributed by atoms with Crippen LogP contribution in [-0.2, 0) is 16.1 Å². The number of nitrogens with one attached hydrogen (secondary N) is 1. The summed E-state index contributed by atoms with van der Waals surface area (Å²) < 4.78 is 7.13. The predicted molar refractivity (Wildman–Crippen MR) is 95.5 cm³/mol. The lowest BCUT2D eigenvalue weighted by molar-refractivity contribution is -0.124. The van der Waals surface area contributed by atoms with Gasteiger partial charge in [0.15, 0.2) is 0 Å². The highest BCUT2D eigenvalue weighted by molar-refractivity contribution is 5.79. The Labute approximate surface area is 148 Å². The fourth-order valence-corrected chi connectivity index (χ4v) is 3.01. The van der Waals surface area contributed by atoms with Crippen molar-refractivity contribution in [3.8, 4) is 0 Å². The summed E-state index contributed by atoms with van der Waals surface area (Å²) in [6.07, 6.45) is 0. The second kappa shape index (κ2) is 7.65. The Morgan fingerprint density at radius 1 is 1.32 bits per heavy atom. The van der Waals surface area contributed by atoms with Crippen molar-refractivity contribution in [1.29, 1.82) is 0 Å². The zero-order valence-electron chi connectivity index (χ0n) is 15.0. The first-order valence-corrected chi connectivity index (χ1v) is 8.63. The van der Waals surface area contributed by atoms with Crippen LogP contribution in [0.5, 0.6) is 0 Å². The van der Waals surface area contributed by atoms with Crippen molar-refractivity contribution >= 4 is 11.7 Å². The minimum Gasteiger partial charge on any atom is -0.378 e. The van der Waals surface area contributed by atoms with Gasteiger partial charge in [-0.25, -0.2) is 4.98 Å². The third-order valence-electron chi connectivity index (χ3n) is 4.36. The zero-order chi connectivity index (χ0) is 17.8. The van der Waals surface area contributed by atoms with Crippen LogP contribution in [-0.4, -0.2) is 47.0 Å². The van der Waals surface area contributed by atoms with Gasteiger partial charge in [0.1, 0.15) is 11.9 Å². The SMILES string of the molecule is Cc1cc(C)n(C(C)C(=O)NCc2cccc(N3CCOCC3)n2)n1.